The summed E-state index contributed by atoms with van der Waals surface area (Å²) in [6.45, 7) is 3.73. The Kier molecular flexibility index (Phi) is 4.80. The SMILES string of the molecule is CC[C@@H](C(=O)O)N(CC)c1cccc(C(F)(F)F)c1. The lowest BCUT2D eigenvalue weighted by Gasteiger charge is -2.29. The zero-order valence-electron chi connectivity index (χ0n) is 10.7. The van der Waals surface area contributed by atoms with Gasteiger partial charge in [-0.2, -0.15) is 13.2 Å². The van der Waals surface area contributed by atoms with Crippen molar-refractivity contribution in [2.24, 2.45) is 0 Å². The van der Waals surface area contributed by atoms with E-state index < -0.39 is 23.8 Å². The minimum atomic E-state index is -4.43. The molecule has 0 unspecified atom stereocenters. The Balaban J connectivity index is 3.15. The number of anilines is 1. The largest absolute Gasteiger partial charge is 0.480 e. The molecular formula is C13H16F3NO2. The number of carboxylic acid groups (broad SMARTS) is 1. The maximum Gasteiger partial charge on any atom is 0.416 e. The smallest absolute Gasteiger partial charge is 0.416 e. The first-order valence-corrected chi connectivity index (χ1v) is 5.98. The highest BCUT2D eigenvalue weighted by Crippen LogP contribution is 2.32. The topological polar surface area (TPSA) is 40.5 Å². The van der Waals surface area contributed by atoms with Gasteiger partial charge in [-0.3, -0.25) is 0 Å². The first-order chi connectivity index (χ1) is 8.81. The van der Waals surface area contributed by atoms with Crippen LogP contribution in [-0.4, -0.2) is 23.7 Å². The van der Waals surface area contributed by atoms with Crippen molar-refractivity contribution >= 4 is 11.7 Å². The third kappa shape index (κ3) is 3.62. The molecule has 1 aromatic carbocycles. The quantitative estimate of drug-likeness (QED) is 0.895. The molecule has 19 heavy (non-hydrogen) atoms. The van der Waals surface area contributed by atoms with Crippen LogP contribution < -0.4 is 4.90 Å². The van der Waals surface area contributed by atoms with Crippen LogP contribution in [0, 0.1) is 0 Å². The van der Waals surface area contributed by atoms with Crippen LogP contribution in [0.15, 0.2) is 24.3 Å². The van der Waals surface area contributed by atoms with Crippen molar-refractivity contribution in [3.05, 3.63) is 29.8 Å². The van der Waals surface area contributed by atoms with E-state index in [9.17, 15) is 18.0 Å². The summed E-state index contributed by atoms with van der Waals surface area (Å²) in [5, 5.41) is 9.10. The molecule has 106 valence electrons. The first kappa shape index (κ1) is 15.3. The summed E-state index contributed by atoms with van der Waals surface area (Å²) in [6.07, 6.45) is -4.11. The second-order valence-corrected chi connectivity index (χ2v) is 4.10. The molecule has 0 saturated heterocycles. The molecule has 1 N–H and O–H groups in total. The average molecular weight is 275 g/mol. The van der Waals surface area contributed by atoms with Gasteiger partial charge in [0.2, 0.25) is 0 Å². The van der Waals surface area contributed by atoms with Crippen molar-refractivity contribution in [2.75, 3.05) is 11.4 Å². The van der Waals surface area contributed by atoms with E-state index in [4.69, 9.17) is 5.11 Å². The van der Waals surface area contributed by atoms with Crippen LogP contribution in [0.25, 0.3) is 0 Å². The molecule has 3 nitrogen and oxygen atoms in total. The van der Waals surface area contributed by atoms with E-state index in [1.807, 2.05) is 0 Å². The Hall–Kier alpha value is -1.72. The van der Waals surface area contributed by atoms with Gasteiger partial charge in [-0.15, -0.1) is 0 Å². The van der Waals surface area contributed by atoms with E-state index in [2.05, 4.69) is 0 Å². The molecule has 0 spiro atoms. The number of carboxylic acids is 1. The standard InChI is InChI=1S/C13H16F3NO2/c1-3-11(12(18)19)17(4-2)10-7-5-6-9(8-10)13(14,15)16/h5-8,11H,3-4H2,1-2H3,(H,18,19)/t11-/m0/s1. The van der Waals surface area contributed by atoms with E-state index in [0.717, 1.165) is 12.1 Å². The number of hydrogen-bond acceptors (Lipinski definition) is 2. The third-order valence-electron chi connectivity index (χ3n) is 2.89. The molecule has 1 rings (SSSR count). The van der Waals surface area contributed by atoms with Crippen molar-refractivity contribution in [1.29, 1.82) is 0 Å². The average Bonchev–Trinajstić information content (AvgIpc) is 2.34. The zero-order valence-corrected chi connectivity index (χ0v) is 10.7. The molecule has 0 amide bonds. The highest BCUT2D eigenvalue weighted by Gasteiger charge is 2.31. The summed E-state index contributed by atoms with van der Waals surface area (Å²) in [4.78, 5) is 12.6. The van der Waals surface area contributed by atoms with Gasteiger partial charge in [-0.25, -0.2) is 4.79 Å². The third-order valence-corrected chi connectivity index (χ3v) is 2.89. The maximum absolute atomic E-state index is 12.6. The van der Waals surface area contributed by atoms with Crippen molar-refractivity contribution in [3.8, 4) is 0 Å². The molecule has 1 atom stereocenters. The highest BCUT2D eigenvalue weighted by atomic mass is 19.4. The maximum atomic E-state index is 12.6. The molecule has 6 heteroatoms. The Morgan fingerprint density at radius 2 is 2.00 bits per heavy atom. The Morgan fingerprint density at radius 1 is 1.37 bits per heavy atom. The van der Waals surface area contributed by atoms with Gasteiger partial charge in [0, 0.05) is 12.2 Å². The molecule has 0 aliphatic rings. The van der Waals surface area contributed by atoms with Crippen molar-refractivity contribution in [2.45, 2.75) is 32.5 Å². The fourth-order valence-electron chi connectivity index (χ4n) is 1.97. The highest BCUT2D eigenvalue weighted by molar-refractivity contribution is 5.78. The number of halogens is 3. The summed E-state index contributed by atoms with van der Waals surface area (Å²) in [7, 11) is 0. The lowest BCUT2D eigenvalue weighted by molar-refractivity contribution is -0.138. The molecule has 0 radical (unpaired) electrons. The van der Waals surface area contributed by atoms with Gasteiger partial charge < -0.3 is 10.0 Å². The van der Waals surface area contributed by atoms with Crippen LogP contribution in [0.3, 0.4) is 0 Å². The van der Waals surface area contributed by atoms with Gasteiger partial charge in [-0.05, 0) is 31.5 Å². The normalized spacial score (nSPS) is 13.1. The van der Waals surface area contributed by atoms with Crippen LogP contribution in [0.1, 0.15) is 25.8 Å². The molecule has 0 aliphatic heterocycles. The second kappa shape index (κ2) is 5.95. The fraction of sp³-hybridized carbons (Fsp3) is 0.462. The van der Waals surface area contributed by atoms with Gasteiger partial charge in [0.1, 0.15) is 6.04 Å². The molecule has 1 aromatic rings. The Labute approximate surface area is 109 Å². The number of hydrogen-bond donors (Lipinski definition) is 1. The van der Waals surface area contributed by atoms with Crippen molar-refractivity contribution < 1.29 is 23.1 Å². The van der Waals surface area contributed by atoms with E-state index in [0.29, 0.717) is 13.0 Å². The monoisotopic (exact) mass is 275 g/mol. The number of nitrogens with zero attached hydrogens (tertiary/aromatic N) is 1. The number of alkyl halides is 3. The molecule has 0 heterocycles. The van der Waals surface area contributed by atoms with Gasteiger partial charge in [0.25, 0.3) is 0 Å². The van der Waals surface area contributed by atoms with Gasteiger partial charge >= 0.3 is 12.1 Å². The van der Waals surface area contributed by atoms with E-state index in [1.165, 1.54) is 17.0 Å². The summed E-state index contributed by atoms with van der Waals surface area (Å²) in [5.74, 6) is -1.04. The van der Waals surface area contributed by atoms with Crippen molar-refractivity contribution in [1.82, 2.24) is 0 Å². The molecular weight excluding hydrogens is 259 g/mol. The lowest BCUT2D eigenvalue weighted by atomic mass is 10.1. The second-order valence-electron chi connectivity index (χ2n) is 4.10. The van der Waals surface area contributed by atoms with Crippen LogP contribution in [-0.2, 0) is 11.0 Å². The van der Waals surface area contributed by atoms with Gasteiger partial charge in [0.05, 0.1) is 5.56 Å². The molecule has 0 aromatic heterocycles. The molecule has 0 bridgehead atoms. The number of benzene rings is 1. The predicted molar refractivity (Wildman–Crippen MR) is 66.2 cm³/mol. The van der Waals surface area contributed by atoms with Crippen LogP contribution in [0.5, 0.6) is 0 Å². The fourth-order valence-corrected chi connectivity index (χ4v) is 1.97. The number of likely N-dealkylation sites (N-methyl/N-ethyl adjacent to an activating group) is 1. The summed E-state index contributed by atoms with van der Waals surface area (Å²) in [6, 6.07) is 3.90. The molecule has 0 aliphatic carbocycles. The van der Waals surface area contributed by atoms with Gasteiger partial charge in [0.15, 0.2) is 0 Å². The van der Waals surface area contributed by atoms with Crippen LogP contribution >= 0.6 is 0 Å². The van der Waals surface area contributed by atoms with Crippen molar-refractivity contribution in [3.63, 3.8) is 0 Å². The minimum absolute atomic E-state index is 0.270. The predicted octanol–water partition coefficient (Wildman–Crippen LogP) is 3.39. The Morgan fingerprint density at radius 3 is 2.42 bits per heavy atom. The number of carbonyl (C=O) groups is 1. The Bertz CT molecular complexity index is 446. The zero-order chi connectivity index (χ0) is 14.6. The lowest BCUT2D eigenvalue weighted by Crippen LogP contribution is -2.40. The first-order valence-electron chi connectivity index (χ1n) is 5.98. The van der Waals surface area contributed by atoms with E-state index in [1.54, 1.807) is 13.8 Å². The molecule has 0 saturated carbocycles. The minimum Gasteiger partial charge on any atom is -0.480 e. The number of rotatable bonds is 5. The molecule has 0 fully saturated rings. The summed E-state index contributed by atoms with van der Waals surface area (Å²) in [5.41, 5.74) is -0.504. The van der Waals surface area contributed by atoms with E-state index in [-0.39, 0.29) is 5.69 Å². The van der Waals surface area contributed by atoms with Crippen LogP contribution in [0.4, 0.5) is 18.9 Å². The summed E-state index contributed by atoms with van der Waals surface area (Å²) >= 11 is 0. The van der Waals surface area contributed by atoms with Crippen LogP contribution in [0.2, 0.25) is 0 Å². The van der Waals surface area contributed by atoms with Gasteiger partial charge in [-0.1, -0.05) is 13.0 Å². The number of aliphatic carboxylic acids is 1. The summed E-state index contributed by atoms with van der Waals surface area (Å²) < 4.78 is 37.9. The van der Waals surface area contributed by atoms with E-state index >= 15 is 0 Å².